The van der Waals surface area contributed by atoms with E-state index >= 15 is 0 Å². The standard InChI is InChI=1S/C12H24BrNO/c1-12(2,3)11(9-13)10-14-5-4-7-15-8-6-14/h11H,4-10H2,1-3H3. The molecular formula is C12H24BrNO. The third kappa shape index (κ3) is 4.83. The van der Waals surface area contributed by atoms with Crippen LogP contribution in [0.15, 0.2) is 0 Å². The summed E-state index contributed by atoms with van der Waals surface area (Å²) in [5, 5.41) is 1.09. The molecule has 1 unspecified atom stereocenters. The molecule has 0 aliphatic carbocycles. The fraction of sp³-hybridized carbons (Fsp3) is 1.00. The van der Waals surface area contributed by atoms with Crippen LogP contribution in [0.2, 0.25) is 0 Å². The number of rotatable bonds is 3. The summed E-state index contributed by atoms with van der Waals surface area (Å²) in [5.41, 5.74) is 0.386. The normalized spacial score (nSPS) is 22.4. The molecule has 2 nitrogen and oxygen atoms in total. The third-order valence-electron chi connectivity index (χ3n) is 3.20. The van der Waals surface area contributed by atoms with Gasteiger partial charge >= 0.3 is 0 Å². The first-order valence-corrected chi connectivity index (χ1v) is 7.02. The minimum Gasteiger partial charge on any atom is -0.380 e. The van der Waals surface area contributed by atoms with Crippen molar-refractivity contribution in [2.24, 2.45) is 11.3 Å². The SMILES string of the molecule is CC(C)(C)C(CBr)CN1CCCOCC1. The van der Waals surface area contributed by atoms with E-state index in [0.717, 1.165) is 31.0 Å². The van der Waals surface area contributed by atoms with Gasteiger partial charge in [-0.3, -0.25) is 0 Å². The number of nitrogens with zero attached hydrogens (tertiary/aromatic N) is 1. The molecule has 0 amide bonds. The van der Waals surface area contributed by atoms with Gasteiger partial charge < -0.3 is 9.64 Å². The molecule has 90 valence electrons. The molecule has 1 aliphatic heterocycles. The first-order valence-electron chi connectivity index (χ1n) is 5.90. The van der Waals surface area contributed by atoms with Crippen molar-refractivity contribution >= 4 is 15.9 Å². The lowest BCUT2D eigenvalue weighted by molar-refractivity contribution is 0.129. The summed E-state index contributed by atoms with van der Waals surface area (Å²) in [6, 6.07) is 0. The molecule has 0 spiro atoms. The molecule has 1 heterocycles. The third-order valence-corrected chi connectivity index (χ3v) is 3.99. The Hall–Kier alpha value is 0.400. The maximum atomic E-state index is 5.47. The molecule has 1 fully saturated rings. The second-order valence-corrected chi connectivity index (χ2v) is 6.13. The highest BCUT2D eigenvalue weighted by atomic mass is 79.9. The van der Waals surface area contributed by atoms with E-state index in [9.17, 15) is 0 Å². The van der Waals surface area contributed by atoms with Crippen LogP contribution in [0.4, 0.5) is 0 Å². The van der Waals surface area contributed by atoms with E-state index in [1.54, 1.807) is 0 Å². The average molecular weight is 278 g/mol. The molecule has 0 aromatic rings. The van der Waals surface area contributed by atoms with Gasteiger partial charge in [0.1, 0.15) is 0 Å². The Morgan fingerprint density at radius 1 is 1.27 bits per heavy atom. The van der Waals surface area contributed by atoms with Crippen molar-refractivity contribution in [3.63, 3.8) is 0 Å². The number of alkyl halides is 1. The zero-order valence-corrected chi connectivity index (χ0v) is 11.8. The largest absolute Gasteiger partial charge is 0.380 e. The summed E-state index contributed by atoms with van der Waals surface area (Å²) in [4.78, 5) is 2.55. The monoisotopic (exact) mass is 277 g/mol. The predicted octanol–water partition coefficient (Wildman–Crippen LogP) is 2.77. The molecular weight excluding hydrogens is 254 g/mol. The lowest BCUT2D eigenvalue weighted by atomic mass is 9.82. The summed E-state index contributed by atoms with van der Waals surface area (Å²) in [6.45, 7) is 12.3. The first kappa shape index (κ1) is 13.5. The van der Waals surface area contributed by atoms with Crippen LogP contribution < -0.4 is 0 Å². The van der Waals surface area contributed by atoms with E-state index < -0.39 is 0 Å². The highest BCUT2D eigenvalue weighted by Gasteiger charge is 2.25. The fourth-order valence-electron chi connectivity index (χ4n) is 1.85. The smallest absolute Gasteiger partial charge is 0.0593 e. The number of hydrogen-bond acceptors (Lipinski definition) is 2. The summed E-state index contributed by atoms with van der Waals surface area (Å²) in [5.74, 6) is 0.718. The Balaban J connectivity index is 2.42. The van der Waals surface area contributed by atoms with E-state index in [0.29, 0.717) is 5.41 Å². The van der Waals surface area contributed by atoms with Gasteiger partial charge in [-0.25, -0.2) is 0 Å². The van der Waals surface area contributed by atoms with Gasteiger partial charge in [-0.15, -0.1) is 0 Å². The summed E-state index contributed by atoms with van der Waals surface area (Å²) >= 11 is 3.64. The molecule has 1 saturated heterocycles. The van der Waals surface area contributed by atoms with Crippen LogP contribution in [0, 0.1) is 11.3 Å². The summed E-state index contributed by atoms with van der Waals surface area (Å²) in [7, 11) is 0. The van der Waals surface area contributed by atoms with Gasteiger partial charge in [-0.1, -0.05) is 36.7 Å². The van der Waals surface area contributed by atoms with E-state index in [-0.39, 0.29) is 0 Å². The number of hydrogen-bond donors (Lipinski definition) is 0. The molecule has 1 aliphatic rings. The Morgan fingerprint density at radius 3 is 2.60 bits per heavy atom. The molecule has 1 atom stereocenters. The molecule has 3 heteroatoms. The van der Waals surface area contributed by atoms with Crippen LogP contribution in [0.3, 0.4) is 0 Å². The van der Waals surface area contributed by atoms with Crippen molar-refractivity contribution in [3.05, 3.63) is 0 Å². The van der Waals surface area contributed by atoms with E-state index in [1.807, 2.05) is 0 Å². The van der Waals surface area contributed by atoms with Gasteiger partial charge in [0.05, 0.1) is 6.61 Å². The van der Waals surface area contributed by atoms with Crippen LogP contribution in [-0.4, -0.2) is 43.1 Å². The molecule has 0 aromatic carbocycles. The molecule has 1 rings (SSSR count). The molecule has 15 heavy (non-hydrogen) atoms. The Labute approximate surface area is 102 Å². The van der Waals surface area contributed by atoms with Crippen molar-refractivity contribution in [1.29, 1.82) is 0 Å². The summed E-state index contributed by atoms with van der Waals surface area (Å²) in [6.07, 6.45) is 1.18. The highest BCUT2D eigenvalue weighted by Crippen LogP contribution is 2.28. The van der Waals surface area contributed by atoms with Crippen LogP contribution in [-0.2, 0) is 4.74 Å². The van der Waals surface area contributed by atoms with Crippen molar-refractivity contribution in [3.8, 4) is 0 Å². The number of halogens is 1. The van der Waals surface area contributed by atoms with Gasteiger partial charge in [-0.2, -0.15) is 0 Å². The predicted molar refractivity (Wildman–Crippen MR) is 68.6 cm³/mol. The lowest BCUT2D eigenvalue weighted by Crippen LogP contribution is -2.37. The second kappa shape index (κ2) is 6.21. The van der Waals surface area contributed by atoms with Crippen LogP contribution in [0.1, 0.15) is 27.2 Å². The molecule has 0 saturated carbocycles. The lowest BCUT2D eigenvalue weighted by Gasteiger charge is -2.33. The van der Waals surface area contributed by atoms with Gasteiger partial charge in [0.2, 0.25) is 0 Å². The van der Waals surface area contributed by atoms with Crippen molar-refractivity contribution in [2.75, 3.05) is 38.2 Å². The Kier molecular flexibility index (Phi) is 5.58. The molecule has 0 aromatic heterocycles. The molecule has 0 bridgehead atoms. The van der Waals surface area contributed by atoms with Crippen molar-refractivity contribution in [2.45, 2.75) is 27.2 Å². The first-order chi connectivity index (χ1) is 7.04. The van der Waals surface area contributed by atoms with Gasteiger partial charge in [0, 0.05) is 31.6 Å². The van der Waals surface area contributed by atoms with Gasteiger partial charge in [-0.05, 0) is 17.8 Å². The van der Waals surface area contributed by atoms with Gasteiger partial charge in [0.15, 0.2) is 0 Å². The highest BCUT2D eigenvalue weighted by molar-refractivity contribution is 9.09. The van der Waals surface area contributed by atoms with Crippen LogP contribution >= 0.6 is 15.9 Å². The zero-order chi connectivity index (χ0) is 11.3. The Morgan fingerprint density at radius 2 is 2.00 bits per heavy atom. The topological polar surface area (TPSA) is 12.5 Å². The fourth-order valence-corrected chi connectivity index (χ4v) is 3.02. The van der Waals surface area contributed by atoms with Crippen molar-refractivity contribution < 1.29 is 4.74 Å². The van der Waals surface area contributed by atoms with E-state index in [1.165, 1.54) is 19.5 Å². The minimum absolute atomic E-state index is 0.386. The van der Waals surface area contributed by atoms with Gasteiger partial charge in [0.25, 0.3) is 0 Å². The summed E-state index contributed by atoms with van der Waals surface area (Å²) < 4.78 is 5.47. The van der Waals surface area contributed by atoms with Crippen LogP contribution in [0.25, 0.3) is 0 Å². The molecule has 0 radical (unpaired) electrons. The average Bonchev–Trinajstić information content (AvgIpc) is 2.40. The maximum absolute atomic E-state index is 5.47. The quantitative estimate of drug-likeness (QED) is 0.736. The second-order valence-electron chi connectivity index (χ2n) is 5.48. The zero-order valence-electron chi connectivity index (χ0n) is 10.3. The minimum atomic E-state index is 0.386. The maximum Gasteiger partial charge on any atom is 0.0593 e. The Bertz CT molecular complexity index is 171. The molecule has 0 N–H and O–H groups in total. The van der Waals surface area contributed by atoms with Crippen LogP contribution in [0.5, 0.6) is 0 Å². The van der Waals surface area contributed by atoms with E-state index in [4.69, 9.17) is 4.74 Å². The number of ether oxygens (including phenoxy) is 1. The van der Waals surface area contributed by atoms with E-state index in [2.05, 4.69) is 41.6 Å². The van der Waals surface area contributed by atoms with Crippen molar-refractivity contribution in [1.82, 2.24) is 4.90 Å².